The van der Waals surface area contributed by atoms with Gasteiger partial charge in [-0.15, -0.1) is 0 Å². The van der Waals surface area contributed by atoms with E-state index in [9.17, 15) is 0 Å². The maximum atomic E-state index is 4.46. The Balaban J connectivity index is 2.35. The summed E-state index contributed by atoms with van der Waals surface area (Å²) in [5.74, 6) is 0. The summed E-state index contributed by atoms with van der Waals surface area (Å²) in [5.41, 5.74) is 4.66. The van der Waals surface area contributed by atoms with Crippen LogP contribution in [0.25, 0.3) is 33.1 Å². The molecule has 5 aromatic rings. The molecule has 0 saturated heterocycles. The van der Waals surface area contributed by atoms with Crippen molar-refractivity contribution in [2.24, 2.45) is 0 Å². The zero-order valence-electron chi connectivity index (χ0n) is 9.54. The molecule has 0 fully saturated rings. The van der Waals surface area contributed by atoms with E-state index < -0.39 is 0 Å². The van der Waals surface area contributed by atoms with Gasteiger partial charge in [0.25, 0.3) is 0 Å². The van der Waals surface area contributed by atoms with Crippen molar-refractivity contribution in [1.82, 2.24) is 13.8 Å². The van der Waals surface area contributed by atoms with E-state index in [1.54, 1.807) is 0 Å². The number of imidazole rings is 2. The summed E-state index contributed by atoms with van der Waals surface area (Å²) in [6.45, 7) is 0. The molecule has 0 bridgehead atoms. The predicted octanol–water partition coefficient (Wildman–Crippen LogP) is 3.33. The van der Waals surface area contributed by atoms with E-state index in [0.29, 0.717) is 0 Å². The first-order valence-electron chi connectivity index (χ1n) is 6.01. The van der Waals surface area contributed by atoms with Crippen LogP contribution in [0.5, 0.6) is 0 Å². The van der Waals surface area contributed by atoms with Gasteiger partial charge in [-0.2, -0.15) is 0 Å². The van der Waals surface area contributed by atoms with Gasteiger partial charge in [-0.3, -0.25) is 8.80 Å². The van der Waals surface area contributed by atoms with Gasteiger partial charge in [0.2, 0.25) is 0 Å². The van der Waals surface area contributed by atoms with Crippen LogP contribution >= 0.6 is 0 Å². The number of hydrogen-bond acceptors (Lipinski definition) is 1. The van der Waals surface area contributed by atoms with E-state index in [1.807, 2.05) is 12.4 Å². The van der Waals surface area contributed by atoms with E-state index >= 15 is 0 Å². The Morgan fingerprint density at radius 3 is 2.61 bits per heavy atom. The second kappa shape index (κ2) is 2.64. The molecule has 0 aliphatic rings. The van der Waals surface area contributed by atoms with Crippen molar-refractivity contribution in [2.75, 3.05) is 0 Å². The first-order valence-corrected chi connectivity index (χ1v) is 6.01. The van der Waals surface area contributed by atoms with Crippen molar-refractivity contribution < 1.29 is 0 Å². The van der Waals surface area contributed by atoms with E-state index in [-0.39, 0.29) is 0 Å². The smallest absolute Gasteiger partial charge is 0.162 e. The number of hydrogen-bond donors (Lipinski definition) is 0. The summed E-state index contributed by atoms with van der Waals surface area (Å²) in [5, 5.41) is 2.58. The Hall–Kier alpha value is -2.55. The molecular formula is C15H9N3. The summed E-state index contributed by atoms with van der Waals surface area (Å²) < 4.78 is 4.47. The fourth-order valence-electron chi connectivity index (χ4n) is 3.05. The molecule has 0 spiro atoms. The first-order chi connectivity index (χ1) is 8.95. The van der Waals surface area contributed by atoms with Gasteiger partial charge in [0.15, 0.2) is 5.65 Å². The molecule has 0 radical (unpaired) electrons. The molecule has 0 aliphatic heterocycles. The first kappa shape index (κ1) is 8.53. The Bertz CT molecular complexity index is 1020. The summed E-state index contributed by atoms with van der Waals surface area (Å²) in [6.07, 6.45) is 3.89. The third-order valence-corrected chi connectivity index (χ3v) is 3.74. The zero-order valence-corrected chi connectivity index (χ0v) is 9.54. The minimum absolute atomic E-state index is 1.03. The summed E-state index contributed by atoms with van der Waals surface area (Å²) >= 11 is 0. The normalized spacial score (nSPS) is 12.4. The molecule has 0 unspecified atom stereocenters. The number of pyridine rings is 1. The quantitative estimate of drug-likeness (QED) is 0.400. The topological polar surface area (TPSA) is 21.7 Å². The summed E-state index contributed by atoms with van der Waals surface area (Å²) in [7, 11) is 0. The third-order valence-electron chi connectivity index (χ3n) is 3.74. The third kappa shape index (κ3) is 0.758. The monoisotopic (exact) mass is 231 g/mol. The molecule has 84 valence electrons. The minimum Gasteiger partial charge on any atom is -0.291 e. The molecule has 4 aromatic heterocycles. The summed E-state index contributed by atoms with van der Waals surface area (Å²) in [4.78, 5) is 4.46. The van der Waals surface area contributed by atoms with Crippen molar-refractivity contribution in [2.45, 2.75) is 0 Å². The highest BCUT2D eigenvalue weighted by molar-refractivity contribution is 6.10. The number of rotatable bonds is 0. The van der Waals surface area contributed by atoms with Crippen LogP contribution in [0.2, 0.25) is 0 Å². The van der Waals surface area contributed by atoms with Gasteiger partial charge in [-0.25, -0.2) is 4.98 Å². The van der Waals surface area contributed by atoms with Gasteiger partial charge in [-0.1, -0.05) is 30.3 Å². The Kier molecular flexibility index (Phi) is 1.25. The molecule has 1 aromatic carbocycles. The highest BCUT2D eigenvalue weighted by Gasteiger charge is 2.16. The second-order valence-electron chi connectivity index (χ2n) is 4.62. The molecule has 4 heterocycles. The second-order valence-corrected chi connectivity index (χ2v) is 4.62. The van der Waals surface area contributed by atoms with Crippen LogP contribution in [-0.4, -0.2) is 13.8 Å². The molecule has 0 N–H and O–H groups in total. The Morgan fingerprint density at radius 2 is 1.67 bits per heavy atom. The van der Waals surface area contributed by atoms with Gasteiger partial charge in [0, 0.05) is 23.2 Å². The number of nitrogens with zero attached hydrogens (tertiary/aromatic N) is 3. The van der Waals surface area contributed by atoms with Crippen molar-refractivity contribution >= 4 is 33.1 Å². The fraction of sp³-hybridized carbons (Fsp3) is 0. The fourth-order valence-corrected chi connectivity index (χ4v) is 3.05. The van der Waals surface area contributed by atoms with E-state index in [1.165, 1.54) is 27.5 Å². The van der Waals surface area contributed by atoms with Gasteiger partial charge < -0.3 is 0 Å². The number of aromatic nitrogens is 3. The highest BCUT2D eigenvalue weighted by Crippen LogP contribution is 2.32. The van der Waals surface area contributed by atoms with Gasteiger partial charge in [0.1, 0.15) is 5.65 Å². The van der Waals surface area contributed by atoms with Crippen molar-refractivity contribution in [3.8, 4) is 0 Å². The standard InChI is InChI=1S/C15H9N3/c1-2-5-11-10(4-1)12-6-3-7-13-14-16-8-9-17(14)15(11)18(12)13/h1-9H. The maximum Gasteiger partial charge on any atom is 0.162 e. The molecule has 18 heavy (non-hydrogen) atoms. The van der Waals surface area contributed by atoms with Crippen LogP contribution in [0.3, 0.4) is 0 Å². The minimum atomic E-state index is 1.03. The molecular weight excluding hydrogens is 222 g/mol. The van der Waals surface area contributed by atoms with E-state index in [4.69, 9.17) is 0 Å². The predicted molar refractivity (Wildman–Crippen MR) is 72.3 cm³/mol. The van der Waals surface area contributed by atoms with Crippen LogP contribution in [-0.2, 0) is 0 Å². The lowest BCUT2D eigenvalue weighted by Gasteiger charge is -1.94. The molecule has 3 nitrogen and oxygen atoms in total. The van der Waals surface area contributed by atoms with Crippen LogP contribution in [0.1, 0.15) is 0 Å². The summed E-state index contributed by atoms with van der Waals surface area (Å²) in [6, 6.07) is 14.9. The average Bonchev–Trinajstić information content (AvgIpc) is 3.06. The van der Waals surface area contributed by atoms with Crippen LogP contribution in [0.15, 0.2) is 54.9 Å². The molecule has 0 saturated carbocycles. The lowest BCUT2D eigenvalue weighted by molar-refractivity contribution is 1.24. The van der Waals surface area contributed by atoms with Crippen LogP contribution < -0.4 is 0 Å². The molecule has 0 aliphatic carbocycles. The van der Waals surface area contributed by atoms with Crippen molar-refractivity contribution in [1.29, 1.82) is 0 Å². The van der Waals surface area contributed by atoms with Crippen molar-refractivity contribution in [3.63, 3.8) is 0 Å². The number of fused-ring (bicyclic) bond motifs is 6. The lowest BCUT2D eigenvalue weighted by Crippen LogP contribution is -1.81. The molecule has 5 rings (SSSR count). The van der Waals surface area contributed by atoms with Crippen molar-refractivity contribution in [3.05, 3.63) is 54.9 Å². The lowest BCUT2D eigenvalue weighted by atomic mass is 10.2. The largest absolute Gasteiger partial charge is 0.291 e. The van der Waals surface area contributed by atoms with Gasteiger partial charge in [-0.05, 0) is 12.1 Å². The zero-order chi connectivity index (χ0) is 11.7. The Labute approximate surface area is 102 Å². The molecule has 3 heteroatoms. The van der Waals surface area contributed by atoms with Crippen LogP contribution in [0.4, 0.5) is 0 Å². The van der Waals surface area contributed by atoms with Gasteiger partial charge in [0.05, 0.1) is 11.0 Å². The van der Waals surface area contributed by atoms with Gasteiger partial charge >= 0.3 is 0 Å². The molecule has 0 amide bonds. The highest BCUT2D eigenvalue weighted by atomic mass is 15.1. The SMILES string of the molecule is c1ccc2c(c1)c1cccc3c4nccn4c2n13. The Morgan fingerprint density at radius 1 is 0.833 bits per heavy atom. The van der Waals surface area contributed by atoms with E-state index in [2.05, 4.69) is 56.2 Å². The van der Waals surface area contributed by atoms with Crippen LogP contribution in [0, 0.1) is 0 Å². The number of benzene rings is 1. The molecule has 0 atom stereocenters. The maximum absolute atomic E-state index is 4.46. The van der Waals surface area contributed by atoms with E-state index in [0.717, 1.165) is 5.65 Å². The average molecular weight is 231 g/mol.